The summed E-state index contributed by atoms with van der Waals surface area (Å²) in [5.74, 6) is 4.60. The minimum absolute atomic E-state index is 1.14. The smallest absolute Gasteiger partial charge is 0.0383 e. The van der Waals surface area contributed by atoms with Gasteiger partial charge in [0.1, 0.15) is 0 Å². The van der Waals surface area contributed by atoms with Crippen LogP contribution in [0.15, 0.2) is 0 Å². The Kier molecular flexibility index (Phi) is 5.24. The van der Waals surface area contributed by atoms with E-state index in [1.165, 1.54) is 44.9 Å². The summed E-state index contributed by atoms with van der Waals surface area (Å²) in [5, 5.41) is 0. The van der Waals surface area contributed by atoms with Gasteiger partial charge in [-0.25, -0.2) is 0 Å². The maximum Gasteiger partial charge on any atom is -0.0383 e. The van der Waals surface area contributed by atoms with Crippen molar-refractivity contribution >= 4 is 0 Å². The first-order chi connectivity index (χ1) is 9.43. The maximum atomic E-state index is 1.59. The summed E-state index contributed by atoms with van der Waals surface area (Å²) in [6.45, 7) is 0. The second-order valence-corrected chi connectivity index (χ2v) is 7.84. The van der Waals surface area contributed by atoms with Crippen molar-refractivity contribution in [2.24, 2.45) is 23.7 Å². The van der Waals surface area contributed by atoms with Gasteiger partial charge >= 0.3 is 0 Å². The van der Waals surface area contributed by atoms with Crippen LogP contribution in [0, 0.1) is 23.7 Å². The van der Waals surface area contributed by atoms with Gasteiger partial charge in [0, 0.05) is 0 Å². The molecule has 3 saturated carbocycles. The largest absolute Gasteiger partial charge is 0.0533 e. The first kappa shape index (κ1) is 14.0. The normalized spacial score (nSPS) is 41.7. The van der Waals surface area contributed by atoms with Gasteiger partial charge in [-0.05, 0) is 42.9 Å². The summed E-state index contributed by atoms with van der Waals surface area (Å²) in [7, 11) is 0. The van der Waals surface area contributed by atoms with Crippen LogP contribution in [0.4, 0.5) is 0 Å². The van der Waals surface area contributed by atoms with Crippen LogP contribution in [-0.2, 0) is 0 Å². The van der Waals surface area contributed by atoms with E-state index in [0.29, 0.717) is 0 Å². The molecule has 0 N–H and O–H groups in total. The third-order valence-corrected chi connectivity index (χ3v) is 6.44. The highest BCUT2D eigenvalue weighted by Crippen LogP contribution is 2.47. The van der Waals surface area contributed by atoms with Gasteiger partial charge in [-0.15, -0.1) is 0 Å². The molecule has 0 amide bonds. The number of fused-ring (bicyclic) bond motifs is 2. The summed E-state index contributed by atoms with van der Waals surface area (Å²) in [4.78, 5) is 0. The number of hydrogen-bond acceptors (Lipinski definition) is 0. The molecule has 4 atom stereocenters. The Balaban J connectivity index is 1.39. The molecule has 0 heterocycles. The van der Waals surface area contributed by atoms with Crippen LogP contribution in [0.2, 0.25) is 0 Å². The molecule has 0 aliphatic heterocycles. The van der Waals surface area contributed by atoms with E-state index in [2.05, 4.69) is 0 Å². The van der Waals surface area contributed by atoms with Gasteiger partial charge in [-0.1, -0.05) is 77.0 Å². The molecule has 0 bridgehead atoms. The molecule has 0 spiro atoms. The zero-order valence-corrected chi connectivity index (χ0v) is 12.9. The van der Waals surface area contributed by atoms with E-state index in [1.54, 1.807) is 51.4 Å². The fraction of sp³-hybridized carbons (Fsp3) is 1.00. The maximum absolute atomic E-state index is 1.59. The molecular formula is C19H34. The molecule has 4 unspecified atom stereocenters. The molecule has 3 fully saturated rings. The van der Waals surface area contributed by atoms with E-state index >= 15 is 0 Å². The van der Waals surface area contributed by atoms with Gasteiger partial charge in [0.25, 0.3) is 0 Å². The zero-order valence-electron chi connectivity index (χ0n) is 12.9. The average molecular weight is 262 g/mol. The third-order valence-electron chi connectivity index (χ3n) is 6.44. The monoisotopic (exact) mass is 262 g/mol. The lowest BCUT2D eigenvalue weighted by molar-refractivity contribution is 0.144. The minimum Gasteiger partial charge on any atom is -0.0533 e. The fourth-order valence-corrected chi connectivity index (χ4v) is 4.75. The summed E-state index contributed by atoms with van der Waals surface area (Å²) in [5.41, 5.74) is 0. The van der Waals surface area contributed by atoms with Gasteiger partial charge in [-0.3, -0.25) is 0 Å². The van der Waals surface area contributed by atoms with Crippen molar-refractivity contribution in [1.82, 2.24) is 0 Å². The van der Waals surface area contributed by atoms with Crippen LogP contribution in [-0.4, -0.2) is 0 Å². The van der Waals surface area contributed by atoms with E-state index in [1.807, 2.05) is 0 Å². The van der Waals surface area contributed by atoms with Crippen molar-refractivity contribution in [3.63, 3.8) is 0 Å². The quantitative estimate of drug-likeness (QED) is 0.477. The molecule has 110 valence electrons. The summed E-state index contributed by atoms with van der Waals surface area (Å²) in [6, 6.07) is 0. The summed E-state index contributed by atoms with van der Waals surface area (Å²) in [6.07, 6.45) is 23.2. The summed E-state index contributed by atoms with van der Waals surface area (Å²) < 4.78 is 0. The van der Waals surface area contributed by atoms with E-state index < -0.39 is 0 Å². The van der Waals surface area contributed by atoms with Crippen molar-refractivity contribution in [2.45, 2.75) is 96.3 Å². The van der Waals surface area contributed by atoms with Crippen LogP contribution < -0.4 is 0 Å². The highest BCUT2D eigenvalue weighted by molar-refractivity contribution is 4.87. The molecule has 0 nitrogen and oxygen atoms in total. The molecular weight excluding hydrogens is 228 g/mol. The molecule has 3 aliphatic rings. The molecule has 3 aliphatic carbocycles. The molecule has 0 radical (unpaired) electrons. The predicted molar refractivity (Wildman–Crippen MR) is 83.2 cm³/mol. The molecule has 3 rings (SSSR count). The van der Waals surface area contributed by atoms with Crippen LogP contribution >= 0.6 is 0 Å². The van der Waals surface area contributed by atoms with Gasteiger partial charge < -0.3 is 0 Å². The van der Waals surface area contributed by atoms with Crippen LogP contribution in [0.1, 0.15) is 96.3 Å². The lowest BCUT2D eigenvalue weighted by Gasteiger charge is -2.37. The van der Waals surface area contributed by atoms with Gasteiger partial charge in [0.05, 0.1) is 0 Å². The standard InChI is InChI=1S/C19H34/c1-2-4-6-9-16-13-14-17(16)11-8-12-19-15-18(19)10-7-5-3-1/h16-19H,1-15H2. The third kappa shape index (κ3) is 4.23. The van der Waals surface area contributed by atoms with Gasteiger partial charge in [0.2, 0.25) is 0 Å². The van der Waals surface area contributed by atoms with E-state index in [0.717, 1.165) is 23.7 Å². The molecule has 0 aromatic carbocycles. The molecule has 0 saturated heterocycles. The molecule has 0 aromatic heterocycles. The fourth-order valence-electron chi connectivity index (χ4n) is 4.75. The van der Waals surface area contributed by atoms with Crippen LogP contribution in [0.25, 0.3) is 0 Å². The Hall–Kier alpha value is 0. The Morgan fingerprint density at radius 3 is 1.32 bits per heavy atom. The lowest BCUT2D eigenvalue weighted by atomic mass is 9.69. The van der Waals surface area contributed by atoms with E-state index in [-0.39, 0.29) is 0 Å². The van der Waals surface area contributed by atoms with Crippen molar-refractivity contribution < 1.29 is 0 Å². The Morgan fingerprint density at radius 1 is 0.316 bits per heavy atom. The number of hydrogen-bond donors (Lipinski definition) is 0. The Morgan fingerprint density at radius 2 is 0.737 bits per heavy atom. The molecule has 0 heteroatoms. The van der Waals surface area contributed by atoms with E-state index in [9.17, 15) is 0 Å². The lowest BCUT2D eigenvalue weighted by Crippen LogP contribution is -2.25. The number of rotatable bonds is 0. The van der Waals surface area contributed by atoms with Gasteiger partial charge in [-0.2, -0.15) is 0 Å². The minimum atomic E-state index is 1.14. The first-order valence-corrected chi connectivity index (χ1v) is 9.43. The van der Waals surface area contributed by atoms with Crippen LogP contribution in [0.5, 0.6) is 0 Å². The van der Waals surface area contributed by atoms with Crippen LogP contribution in [0.3, 0.4) is 0 Å². The zero-order chi connectivity index (χ0) is 12.9. The van der Waals surface area contributed by atoms with Gasteiger partial charge in [0.15, 0.2) is 0 Å². The van der Waals surface area contributed by atoms with Crippen molar-refractivity contribution in [1.29, 1.82) is 0 Å². The Bertz CT molecular complexity index is 257. The highest BCUT2D eigenvalue weighted by atomic mass is 14.4. The first-order valence-electron chi connectivity index (χ1n) is 9.43. The van der Waals surface area contributed by atoms with Crippen molar-refractivity contribution in [2.75, 3.05) is 0 Å². The second-order valence-electron chi connectivity index (χ2n) is 7.84. The highest BCUT2D eigenvalue weighted by Gasteiger charge is 2.36. The summed E-state index contributed by atoms with van der Waals surface area (Å²) >= 11 is 0. The topological polar surface area (TPSA) is 0 Å². The Labute approximate surface area is 120 Å². The predicted octanol–water partition coefficient (Wildman–Crippen LogP) is 6.34. The molecule has 0 aromatic rings. The average Bonchev–Trinajstić information content (AvgIpc) is 3.13. The van der Waals surface area contributed by atoms with E-state index in [4.69, 9.17) is 0 Å². The second kappa shape index (κ2) is 7.14. The van der Waals surface area contributed by atoms with Crippen molar-refractivity contribution in [3.8, 4) is 0 Å². The molecule has 19 heavy (non-hydrogen) atoms. The SMILES string of the molecule is C1CCCCC2CCC2CCCC2CC2CCCC1. The van der Waals surface area contributed by atoms with Crippen molar-refractivity contribution in [3.05, 3.63) is 0 Å².